The first-order valence-electron chi connectivity index (χ1n) is 10.4. The fourth-order valence-corrected chi connectivity index (χ4v) is 3.64. The van der Waals surface area contributed by atoms with Gasteiger partial charge in [0.2, 0.25) is 0 Å². The van der Waals surface area contributed by atoms with Crippen molar-refractivity contribution in [2.75, 3.05) is 6.61 Å². The van der Waals surface area contributed by atoms with Crippen molar-refractivity contribution in [3.05, 3.63) is 94.0 Å². The van der Waals surface area contributed by atoms with Crippen LogP contribution in [0.1, 0.15) is 49.9 Å². The number of amidine groups is 1. The van der Waals surface area contributed by atoms with Crippen LogP contribution in [0.25, 0.3) is 0 Å². The SMILES string of the molecule is CCOc1ccc(C2=NNC(c3ccc(C(C)(C)C)cc3)=Nc3ccc(Cl)cc32)cc1. The number of hydrogen-bond acceptors (Lipinski definition) is 4. The molecular weight excluding hydrogens is 406 g/mol. The van der Waals surface area contributed by atoms with Crippen LogP contribution in [0.5, 0.6) is 5.75 Å². The zero-order valence-electron chi connectivity index (χ0n) is 18.2. The van der Waals surface area contributed by atoms with Gasteiger partial charge in [-0.15, -0.1) is 0 Å². The van der Waals surface area contributed by atoms with Crippen molar-refractivity contribution in [2.24, 2.45) is 10.1 Å². The number of hydrazone groups is 1. The predicted molar refractivity (Wildman–Crippen MR) is 129 cm³/mol. The molecule has 1 N–H and O–H groups in total. The quantitative estimate of drug-likeness (QED) is 0.514. The molecule has 1 heterocycles. The Morgan fingerprint density at radius 1 is 0.903 bits per heavy atom. The van der Waals surface area contributed by atoms with E-state index in [0.717, 1.165) is 33.8 Å². The van der Waals surface area contributed by atoms with Crippen LogP contribution < -0.4 is 10.2 Å². The van der Waals surface area contributed by atoms with Gasteiger partial charge in [0.05, 0.1) is 12.3 Å². The van der Waals surface area contributed by atoms with Crippen molar-refractivity contribution in [3.8, 4) is 5.75 Å². The van der Waals surface area contributed by atoms with Crippen LogP contribution in [0.15, 0.2) is 76.8 Å². The maximum Gasteiger partial charge on any atom is 0.154 e. The minimum Gasteiger partial charge on any atom is -0.494 e. The average molecular weight is 432 g/mol. The second-order valence-electron chi connectivity index (χ2n) is 8.48. The number of halogens is 1. The third kappa shape index (κ3) is 4.64. The molecule has 0 atom stereocenters. The lowest BCUT2D eigenvalue weighted by molar-refractivity contribution is 0.340. The molecule has 0 spiro atoms. The summed E-state index contributed by atoms with van der Waals surface area (Å²) in [6, 6.07) is 22.0. The number of aliphatic imine (C=N–C) groups is 1. The Kier molecular flexibility index (Phi) is 5.84. The van der Waals surface area contributed by atoms with Gasteiger partial charge in [-0.3, -0.25) is 5.43 Å². The summed E-state index contributed by atoms with van der Waals surface area (Å²) >= 11 is 6.32. The Morgan fingerprint density at radius 2 is 1.58 bits per heavy atom. The first kappa shape index (κ1) is 21.1. The van der Waals surface area contributed by atoms with E-state index < -0.39 is 0 Å². The molecule has 4 rings (SSSR count). The number of rotatable bonds is 4. The molecule has 0 fully saturated rings. The molecule has 3 aromatic carbocycles. The summed E-state index contributed by atoms with van der Waals surface area (Å²) in [5.74, 6) is 1.53. The maximum atomic E-state index is 6.32. The highest BCUT2D eigenvalue weighted by Gasteiger charge is 2.19. The van der Waals surface area contributed by atoms with Crippen molar-refractivity contribution in [1.82, 2.24) is 5.43 Å². The number of benzene rings is 3. The Balaban J connectivity index is 1.75. The summed E-state index contributed by atoms with van der Waals surface area (Å²) in [6.07, 6.45) is 0. The summed E-state index contributed by atoms with van der Waals surface area (Å²) in [5.41, 5.74) is 8.96. The summed E-state index contributed by atoms with van der Waals surface area (Å²) in [6.45, 7) is 9.22. The van der Waals surface area contributed by atoms with Gasteiger partial charge in [-0.2, -0.15) is 5.10 Å². The van der Waals surface area contributed by atoms with E-state index in [9.17, 15) is 0 Å². The summed E-state index contributed by atoms with van der Waals surface area (Å²) in [5, 5.41) is 5.36. The Morgan fingerprint density at radius 3 is 2.23 bits per heavy atom. The third-order valence-corrected chi connectivity index (χ3v) is 5.42. The predicted octanol–water partition coefficient (Wildman–Crippen LogP) is 6.47. The topological polar surface area (TPSA) is 46.0 Å². The van der Waals surface area contributed by atoms with Gasteiger partial charge >= 0.3 is 0 Å². The molecule has 0 aliphatic carbocycles. The molecule has 1 aliphatic rings. The van der Waals surface area contributed by atoms with Crippen LogP contribution in [0, 0.1) is 0 Å². The van der Waals surface area contributed by atoms with Crippen LogP contribution in [-0.4, -0.2) is 18.2 Å². The van der Waals surface area contributed by atoms with E-state index in [1.165, 1.54) is 5.56 Å². The molecule has 0 bridgehead atoms. The molecule has 1 aliphatic heterocycles. The van der Waals surface area contributed by atoms with Gasteiger partial charge in [0, 0.05) is 21.7 Å². The molecule has 0 amide bonds. The van der Waals surface area contributed by atoms with Gasteiger partial charge in [0.15, 0.2) is 5.84 Å². The molecule has 0 unspecified atom stereocenters. The molecule has 3 aromatic rings. The summed E-state index contributed by atoms with van der Waals surface area (Å²) in [7, 11) is 0. The normalized spacial score (nSPS) is 13.5. The molecule has 158 valence electrons. The minimum atomic E-state index is 0.0968. The van der Waals surface area contributed by atoms with Gasteiger partial charge in [0.25, 0.3) is 0 Å². The fraction of sp³-hybridized carbons (Fsp3) is 0.231. The fourth-order valence-electron chi connectivity index (χ4n) is 3.46. The maximum absolute atomic E-state index is 6.32. The highest BCUT2D eigenvalue weighted by molar-refractivity contribution is 6.31. The lowest BCUT2D eigenvalue weighted by atomic mass is 9.86. The second-order valence-corrected chi connectivity index (χ2v) is 8.92. The highest BCUT2D eigenvalue weighted by Crippen LogP contribution is 2.29. The van der Waals surface area contributed by atoms with Gasteiger partial charge < -0.3 is 4.74 Å². The van der Waals surface area contributed by atoms with Gasteiger partial charge in [-0.1, -0.05) is 56.6 Å². The first-order valence-corrected chi connectivity index (χ1v) is 10.8. The van der Waals surface area contributed by atoms with E-state index in [4.69, 9.17) is 26.4 Å². The van der Waals surface area contributed by atoms with Gasteiger partial charge in [0.1, 0.15) is 11.5 Å². The molecule has 5 heteroatoms. The van der Waals surface area contributed by atoms with E-state index in [1.807, 2.05) is 49.4 Å². The first-order chi connectivity index (χ1) is 14.8. The third-order valence-electron chi connectivity index (χ3n) is 5.18. The number of hydrogen-bond donors (Lipinski definition) is 1. The lowest BCUT2D eigenvalue weighted by Gasteiger charge is -2.19. The zero-order chi connectivity index (χ0) is 22.0. The summed E-state index contributed by atoms with van der Waals surface area (Å²) in [4.78, 5) is 4.87. The van der Waals surface area contributed by atoms with E-state index in [-0.39, 0.29) is 5.41 Å². The van der Waals surface area contributed by atoms with E-state index in [1.54, 1.807) is 0 Å². The van der Waals surface area contributed by atoms with Crippen LogP contribution in [0.3, 0.4) is 0 Å². The van der Waals surface area contributed by atoms with Crippen LogP contribution in [0.2, 0.25) is 5.02 Å². The molecule has 31 heavy (non-hydrogen) atoms. The van der Waals surface area contributed by atoms with Crippen molar-refractivity contribution in [1.29, 1.82) is 0 Å². The Hall–Kier alpha value is -3.11. The molecule has 0 saturated heterocycles. The van der Waals surface area contributed by atoms with E-state index in [0.29, 0.717) is 17.5 Å². The largest absolute Gasteiger partial charge is 0.494 e. The van der Waals surface area contributed by atoms with E-state index in [2.05, 4.69) is 50.5 Å². The zero-order valence-corrected chi connectivity index (χ0v) is 19.0. The molecule has 0 radical (unpaired) electrons. The number of nitrogens with one attached hydrogen (secondary N) is 1. The van der Waals surface area contributed by atoms with Crippen LogP contribution in [0.4, 0.5) is 5.69 Å². The smallest absolute Gasteiger partial charge is 0.154 e. The average Bonchev–Trinajstić information content (AvgIpc) is 2.93. The minimum absolute atomic E-state index is 0.0968. The number of fused-ring (bicyclic) bond motifs is 1. The standard InChI is InChI=1S/C26H26ClN3O/c1-5-31-21-13-8-17(9-14-21)24-22-16-20(27)12-15-23(22)28-25(30-29-24)18-6-10-19(11-7-18)26(2,3)4/h6-16H,5H2,1-4H3,(H,28,30). The van der Waals surface area contributed by atoms with Crippen LogP contribution in [-0.2, 0) is 5.41 Å². The Bertz CT molecular complexity index is 1140. The number of nitrogens with zero attached hydrogens (tertiary/aromatic N) is 2. The monoisotopic (exact) mass is 431 g/mol. The molecule has 0 saturated carbocycles. The molecule has 4 nitrogen and oxygen atoms in total. The molecular formula is C26H26ClN3O. The summed E-state index contributed by atoms with van der Waals surface area (Å²) < 4.78 is 5.57. The van der Waals surface area contributed by atoms with Crippen molar-refractivity contribution < 1.29 is 4.74 Å². The van der Waals surface area contributed by atoms with Crippen molar-refractivity contribution >= 4 is 28.8 Å². The van der Waals surface area contributed by atoms with E-state index >= 15 is 0 Å². The van der Waals surface area contributed by atoms with Crippen LogP contribution >= 0.6 is 11.6 Å². The lowest BCUT2D eigenvalue weighted by Crippen LogP contribution is -2.20. The van der Waals surface area contributed by atoms with Gasteiger partial charge in [-0.05, 0) is 60.4 Å². The Labute approximate surface area is 188 Å². The van der Waals surface area contributed by atoms with Crippen molar-refractivity contribution in [3.63, 3.8) is 0 Å². The number of ether oxygens (including phenoxy) is 1. The highest BCUT2D eigenvalue weighted by atomic mass is 35.5. The molecule has 0 aromatic heterocycles. The van der Waals surface area contributed by atoms with Gasteiger partial charge in [-0.25, -0.2) is 4.99 Å². The second kappa shape index (κ2) is 8.56. The van der Waals surface area contributed by atoms with Crippen molar-refractivity contribution in [2.45, 2.75) is 33.1 Å².